The third-order valence-corrected chi connectivity index (χ3v) is 3.72. The maximum atomic E-state index is 6.00. The van der Waals surface area contributed by atoms with Gasteiger partial charge in [0.05, 0.1) is 10.0 Å². The second-order valence-corrected chi connectivity index (χ2v) is 4.93. The monoisotopic (exact) mass is 229 g/mol. The number of hydrogen-bond donors (Lipinski definition) is 1. The van der Waals surface area contributed by atoms with Crippen molar-refractivity contribution in [1.29, 1.82) is 0 Å². The molecule has 1 N–H and O–H groups in total. The molecule has 1 fully saturated rings. The Morgan fingerprint density at radius 2 is 2.07 bits per heavy atom. The highest BCUT2D eigenvalue weighted by molar-refractivity contribution is 6.42. The number of benzene rings is 1. The van der Waals surface area contributed by atoms with Crippen LogP contribution in [0, 0.1) is 0 Å². The highest BCUT2D eigenvalue weighted by Crippen LogP contribution is 2.33. The van der Waals surface area contributed by atoms with E-state index in [0.29, 0.717) is 10.0 Å². The summed E-state index contributed by atoms with van der Waals surface area (Å²) in [6.07, 6.45) is 1.16. The Morgan fingerprint density at radius 3 is 2.64 bits per heavy atom. The van der Waals surface area contributed by atoms with Gasteiger partial charge in [0.1, 0.15) is 0 Å². The maximum absolute atomic E-state index is 6.00. The van der Waals surface area contributed by atoms with Crippen molar-refractivity contribution < 1.29 is 0 Å². The van der Waals surface area contributed by atoms with Gasteiger partial charge in [-0.25, -0.2) is 0 Å². The second-order valence-electron chi connectivity index (χ2n) is 4.12. The van der Waals surface area contributed by atoms with E-state index in [1.54, 1.807) is 0 Å². The zero-order valence-corrected chi connectivity index (χ0v) is 9.62. The third kappa shape index (κ3) is 1.77. The average molecular weight is 230 g/mol. The fraction of sp³-hybridized carbons (Fsp3) is 0.455. The van der Waals surface area contributed by atoms with Crippen LogP contribution in [0.15, 0.2) is 18.2 Å². The fourth-order valence-electron chi connectivity index (χ4n) is 1.93. The molecule has 1 aliphatic heterocycles. The number of hydrogen-bond acceptors (Lipinski definition) is 1. The van der Waals surface area contributed by atoms with Gasteiger partial charge in [-0.1, -0.05) is 36.2 Å². The summed E-state index contributed by atoms with van der Waals surface area (Å²) in [5.41, 5.74) is 1.49. The van der Waals surface area contributed by atoms with Gasteiger partial charge in [-0.3, -0.25) is 0 Å². The van der Waals surface area contributed by atoms with E-state index in [4.69, 9.17) is 23.2 Å². The van der Waals surface area contributed by atoms with Gasteiger partial charge in [0.25, 0.3) is 0 Å². The normalized spacial score (nSPS) is 26.8. The lowest BCUT2D eigenvalue weighted by molar-refractivity contribution is 0.525. The van der Waals surface area contributed by atoms with Crippen LogP contribution in [0.2, 0.25) is 10.0 Å². The van der Waals surface area contributed by atoms with E-state index >= 15 is 0 Å². The molecule has 1 saturated heterocycles. The molecule has 1 nitrogen and oxygen atoms in total. The van der Waals surface area contributed by atoms with Crippen LogP contribution in [0.25, 0.3) is 0 Å². The summed E-state index contributed by atoms with van der Waals surface area (Å²) >= 11 is 11.9. The summed E-state index contributed by atoms with van der Waals surface area (Å²) in [4.78, 5) is 0. The highest BCUT2D eigenvalue weighted by atomic mass is 35.5. The van der Waals surface area contributed by atoms with E-state index in [1.165, 1.54) is 5.56 Å². The van der Waals surface area contributed by atoms with Gasteiger partial charge in [-0.15, -0.1) is 0 Å². The van der Waals surface area contributed by atoms with Crippen molar-refractivity contribution in [2.24, 2.45) is 0 Å². The quantitative estimate of drug-likeness (QED) is 0.780. The summed E-state index contributed by atoms with van der Waals surface area (Å²) in [6, 6.07) is 5.93. The zero-order chi connectivity index (χ0) is 10.2. The van der Waals surface area contributed by atoms with E-state index in [-0.39, 0.29) is 5.41 Å². The Labute approximate surface area is 94.4 Å². The largest absolute Gasteiger partial charge is 0.316 e. The minimum atomic E-state index is 0.216. The molecule has 0 amide bonds. The van der Waals surface area contributed by atoms with Crippen LogP contribution in [-0.4, -0.2) is 13.1 Å². The average Bonchev–Trinajstić information content (AvgIpc) is 2.58. The molecule has 0 saturated carbocycles. The Hall–Kier alpha value is -0.240. The predicted molar refractivity (Wildman–Crippen MR) is 61.3 cm³/mol. The van der Waals surface area contributed by atoms with Crippen LogP contribution in [0.3, 0.4) is 0 Å². The van der Waals surface area contributed by atoms with Crippen molar-refractivity contribution in [3.05, 3.63) is 33.8 Å². The van der Waals surface area contributed by atoms with Crippen molar-refractivity contribution in [3.63, 3.8) is 0 Å². The minimum Gasteiger partial charge on any atom is -0.316 e. The molecule has 0 aromatic heterocycles. The Kier molecular flexibility index (Phi) is 2.74. The summed E-state index contributed by atoms with van der Waals surface area (Å²) < 4.78 is 0. The molecule has 1 atom stereocenters. The van der Waals surface area contributed by atoms with Gasteiger partial charge in [-0.2, -0.15) is 0 Å². The van der Waals surface area contributed by atoms with Gasteiger partial charge in [0.2, 0.25) is 0 Å². The van der Waals surface area contributed by atoms with Crippen LogP contribution < -0.4 is 5.32 Å². The molecular formula is C11H13Cl2N. The maximum Gasteiger partial charge on any atom is 0.0595 e. The van der Waals surface area contributed by atoms with E-state index in [2.05, 4.69) is 18.3 Å². The molecule has 0 bridgehead atoms. The molecule has 1 aromatic rings. The van der Waals surface area contributed by atoms with E-state index in [9.17, 15) is 0 Å². The first-order valence-corrected chi connectivity index (χ1v) is 5.54. The van der Waals surface area contributed by atoms with Gasteiger partial charge < -0.3 is 5.32 Å². The van der Waals surface area contributed by atoms with Gasteiger partial charge in [-0.05, 0) is 30.7 Å². The van der Waals surface area contributed by atoms with Gasteiger partial charge >= 0.3 is 0 Å². The van der Waals surface area contributed by atoms with E-state index in [1.807, 2.05) is 12.1 Å². The number of halogens is 2. The van der Waals surface area contributed by atoms with Crippen LogP contribution in [0.1, 0.15) is 18.9 Å². The molecule has 1 aliphatic rings. The van der Waals surface area contributed by atoms with Crippen LogP contribution in [0.5, 0.6) is 0 Å². The van der Waals surface area contributed by atoms with Crippen LogP contribution >= 0.6 is 23.2 Å². The smallest absolute Gasteiger partial charge is 0.0595 e. The minimum absolute atomic E-state index is 0.216. The van der Waals surface area contributed by atoms with Crippen LogP contribution in [-0.2, 0) is 5.41 Å². The van der Waals surface area contributed by atoms with Gasteiger partial charge in [0.15, 0.2) is 0 Å². The van der Waals surface area contributed by atoms with Crippen molar-refractivity contribution in [1.82, 2.24) is 5.32 Å². The number of rotatable bonds is 1. The molecule has 3 heteroatoms. The van der Waals surface area contributed by atoms with Gasteiger partial charge in [0, 0.05) is 12.0 Å². The van der Waals surface area contributed by atoms with Crippen LogP contribution in [0.4, 0.5) is 0 Å². The first-order valence-electron chi connectivity index (χ1n) is 4.78. The fourth-order valence-corrected chi connectivity index (χ4v) is 2.23. The zero-order valence-electron chi connectivity index (χ0n) is 8.11. The van der Waals surface area contributed by atoms with Crippen molar-refractivity contribution in [2.45, 2.75) is 18.8 Å². The van der Waals surface area contributed by atoms with Crippen molar-refractivity contribution in [2.75, 3.05) is 13.1 Å². The molecule has 0 unspecified atom stereocenters. The van der Waals surface area contributed by atoms with Crippen molar-refractivity contribution in [3.8, 4) is 0 Å². The second kappa shape index (κ2) is 3.73. The first-order chi connectivity index (χ1) is 6.62. The molecule has 1 aromatic carbocycles. The molecule has 76 valence electrons. The summed E-state index contributed by atoms with van der Waals surface area (Å²) in [6.45, 7) is 4.36. The summed E-state index contributed by atoms with van der Waals surface area (Å²) in [5, 5.41) is 4.65. The lowest BCUT2D eigenvalue weighted by atomic mass is 9.82. The number of nitrogens with one attached hydrogen (secondary N) is 1. The van der Waals surface area contributed by atoms with Crippen molar-refractivity contribution >= 4 is 23.2 Å². The summed E-state index contributed by atoms with van der Waals surface area (Å²) in [7, 11) is 0. The molecule has 2 rings (SSSR count). The van der Waals surface area contributed by atoms with E-state index in [0.717, 1.165) is 19.5 Å². The highest BCUT2D eigenvalue weighted by Gasteiger charge is 2.30. The Bertz CT molecular complexity index is 343. The molecule has 0 radical (unpaired) electrons. The van der Waals surface area contributed by atoms with E-state index < -0.39 is 0 Å². The lowest BCUT2D eigenvalue weighted by Crippen LogP contribution is -2.24. The molecule has 0 aliphatic carbocycles. The summed E-state index contributed by atoms with van der Waals surface area (Å²) in [5.74, 6) is 0. The SMILES string of the molecule is C[C@@]1(c2ccc(Cl)c(Cl)c2)CCNC1. The Morgan fingerprint density at radius 1 is 1.29 bits per heavy atom. The predicted octanol–water partition coefficient (Wildman–Crippen LogP) is 3.24. The lowest BCUT2D eigenvalue weighted by Gasteiger charge is -2.23. The molecular weight excluding hydrogens is 217 g/mol. The Balaban J connectivity index is 2.36. The standard InChI is InChI=1S/C11H13Cl2N/c1-11(4-5-14-7-11)8-2-3-9(12)10(13)6-8/h2-3,6,14H,4-5,7H2,1H3/t11-/m1/s1. The topological polar surface area (TPSA) is 12.0 Å². The first kappa shape index (κ1) is 10.3. The molecule has 0 spiro atoms. The third-order valence-electron chi connectivity index (χ3n) is 2.99. The molecule has 14 heavy (non-hydrogen) atoms. The molecule has 1 heterocycles.